The minimum atomic E-state index is -1.08. The maximum Gasteiger partial charge on any atom is 0.341 e. The van der Waals surface area contributed by atoms with Gasteiger partial charge in [-0.15, -0.1) is 10.2 Å². The molecule has 1 heterocycles. The van der Waals surface area contributed by atoms with Gasteiger partial charge < -0.3 is 20.5 Å². The number of nitrogens with zero attached hydrogens (tertiary/aromatic N) is 2. The summed E-state index contributed by atoms with van der Waals surface area (Å²) in [5.41, 5.74) is 2.14. The van der Waals surface area contributed by atoms with Gasteiger partial charge >= 0.3 is 5.97 Å². The Morgan fingerprint density at radius 2 is 1.38 bits per heavy atom. The Hall–Kier alpha value is -3.79. The lowest BCUT2D eigenvalue weighted by molar-refractivity contribution is -0.139. The van der Waals surface area contributed by atoms with Gasteiger partial charge in [0.1, 0.15) is 5.75 Å². The third kappa shape index (κ3) is 5.59. The van der Waals surface area contributed by atoms with Crippen molar-refractivity contribution in [3.05, 3.63) is 64.1 Å². The molecule has 3 N–H and O–H groups in total. The van der Waals surface area contributed by atoms with Gasteiger partial charge in [0.15, 0.2) is 6.61 Å². The smallest absolute Gasteiger partial charge is 0.341 e. The van der Waals surface area contributed by atoms with Crippen LogP contribution in [0.25, 0.3) is 0 Å². The maximum absolute atomic E-state index is 12.3. The summed E-state index contributed by atoms with van der Waals surface area (Å²) in [6, 6.07) is 13.4. The van der Waals surface area contributed by atoms with Crippen LogP contribution in [0.15, 0.2) is 48.5 Å². The molecule has 148 valence electrons. The van der Waals surface area contributed by atoms with E-state index in [0.29, 0.717) is 17.1 Å². The Kier molecular flexibility index (Phi) is 6.15. The minimum absolute atomic E-state index is 0.0326. The number of carbonyl (C=O) groups is 3. The standard InChI is InChI=1S/C19H16N4O5S/c1-11-2-4-12(5-3-11)20-16(26)18-22-23-19(29-18)17(27)21-13-6-8-14(9-7-13)28-10-15(24)25/h2-9H,10H2,1H3,(H,20,26)(H,21,27)(H,24,25). The molecule has 0 spiro atoms. The van der Waals surface area contributed by atoms with Crippen molar-refractivity contribution in [2.24, 2.45) is 0 Å². The Morgan fingerprint density at radius 3 is 1.86 bits per heavy atom. The molecule has 3 rings (SSSR count). The fraction of sp³-hybridized carbons (Fsp3) is 0.105. The number of hydrogen-bond donors (Lipinski definition) is 3. The second-order valence-corrected chi connectivity index (χ2v) is 6.87. The molecular weight excluding hydrogens is 396 g/mol. The number of carboxylic acid groups (broad SMARTS) is 1. The van der Waals surface area contributed by atoms with Gasteiger partial charge in [-0.1, -0.05) is 29.0 Å². The number of carboxylic acids is 1. The van der Waals surface area contributed by atoms with Gasteiger partial charge in [0, 0.05) is 11.4 Å². The van der Waals surface area contributed by atoms with Crippen LogP contribution < -0.4 is 15.4 Å². The average molecular weight is 412 g/mol. The van der Waals surface area contributed by atoms with Gasteiger partial charge in [-0.3, -0.25) is 9.59 Å². The van der Waals surface area contributed by atoms with E-state index in [1.54, 1.807) is 24.3 Å². The largest absolute Gasteiger partial charge is 0.482 e. The van der Waals surface area contributed by atoms with E-state index in [-0.39, 0.29) is 10.0 Å². The molecule has 0 atom stereocenters. The highest BCUT2D eigenvalue weighted by molar-refractivity contribution is 7.15. The molecule has 10 heteroatoms. The zero-order valence-corrected chi connectivity index (χ0v) is 16.0. The number of aromatic nitrogens is 2. The fourth-order valence-electron chi connectivity index (χ4n) is 2.19. The fourth-order valence-corrected chi connectivity index (χ4v) is 2.83. The van der Waals surface area contributed by atoms with E-state index in [2.05, 4.69) is 20.8 Å². The molecule has 29 heavy (non-hydrogen) atoms. The topological polar surface area (TPSA) is 131 Å². The van der Waals surface area contributed by atoms with Crippen LogP contribution >= 0.6 is 11.3 Å². The molecular formula is C19H16N4O5S. The van der Waals surface area contributed by atoms with E-state index in [9.17, 15) is 14.4 Å². The lowest BCUT2D eigenvalue weighted by Crippen LogP contribution is -2.12. The molecule has 0 saturated carbocycles. The number of hydrogen-bond acceptors (Lipinski definition) is 7. The maximum atomic E-state index is 12.3. The third-order valence-corrected chi connectivity index (χ3v) is 4.52. The molecule has 9 nitrogen and oxygen atoms in total. The first kappa shape index (κ1) is 20.0. The molecule has 0 bridgehead atoms. The molecule has 1 aromatic heterocycles. The van der Waals surface area contributed by atoms with Crippen molar-refractivity contribution in [2.45, 2.75) is 6.92 Å². The van der Waals surface area contributed by atoms with Crippen molar-refractivity contribution < 1.29 is 24.2 Å². The molecule has 0 fully saturated rings. The Labute approximate surface area is 169 Å². The van der Waals surface area contributed by atoms with Crippen LogP contribution in [0.1, 0.15) is 25.2 Å². The van der Waals surface area contributed by atoms with Gasteiger partial charge in [0.05, 0.1) is 0 Å². The number of nitrogens with one attached hydrogen (secondary N) is 2. The van der Waals surface area contributed by atoms with E-state index in [1.165, 1.54) is 12.1 Å². The lowest BCUT2D eigenvalue weighted by Gasteiger charge is -2.05. The Balaban J connectivity index is 1.59. The number of aryl methyl sites for hydroxylation is 1. The lowest BCUT2D eigenvalue weighted by atomic mass is 10.2. The molecule has 0 aliphatic carbocycles. The van der Waals surface area contributed by atoms with Gasteiger partial charge in [0.2, 0.25) is 10.0 Å². The van der Waals surface area contributed by atoms with Crippen LogP contribution in [0.4, 0.5) is 11.4 Å². The van der Waals surface area contributed by atoms with E-state index >= 15 is 0 Å². The van der Waals surface area contributed by atoms with Crippen LogP contribution in [0.3, 0.4) is 0 Å². The van der Waals surface area contributed by atoms with Gasteiger partial charge in [0.25, 0.3) is 11.8 Å². The zero-order valence-electron chi connectivity index (χ0n) is 15.2. The van der Waals surface area contributed by atoms with E-state index in [0.717, 1.165) is 16.9 Å². The SMILES string of the molecule is Cc1ccc(NC(=O)c2nnc(C(=O)Nc3ccc(OCC(=O)O)cc3)s2)cc1. The predicted octanol–water partition coefficient (Wildman–Crippen LogP) is 2.81. The van der Waals surface area contributed by atoms with Crippen molar-refractivity contribution in [1.29, 1.82) is 0 Å². The highest BCUT2D eigenvalue weighted by atomic mass is 32.1. The van der Waals surface area contributed by atoms with Crippen molar-refractivity contribution in [1.82, 2.24) is 10.2 Å². The molecule has 0 radical (unpaired) electrons. The average Bonchev–Trinajstić information content (AvgIpc) is 3.20. The van der Waals surface area contributed by atoms with Crippen LogP contribution in [-0.2, 0) is 4.79 Å². The second kappa shape index (κ2) is 8.93. The van der Waals surface area contributed by atoms with Gasteiger partial charge in [-0.05, 0) is 43.3 Å². The van der Waals surface area contributed by atoms with Crippen LogP contribution in [0.2, 0.25) is 0 Å². The number of rotatable bonds is 7. The molecule has 0 unspecified atom stereocenters. The van der Waals surface area contributed by atoms with Crippen molar-refractivity contribution in [3.8, 4) is 5.75 Å². The van der Waals surface area contributed by atoms with E-state index in [1.807, 2.05) is 19.1 Å². The molecule has 0 aliphatic heterocycles. The summed E-state index contributed by atoms with van der Waals surface area (Å²) in [5.74, 6) is -1.70. The summed E-state index contributed by atoms with van der Waals surface area (Å²) in [6.45, 7) is 1.49. The Bertz CT molecular complexity index is 1030. The quantitative estimate of drug-likeness (QED) is 0.544. The van der Waals surface area contributed by atoms with Gasteiger partial charge in [-0.25, -0.2) is 4.79 Å². The predicted molar refractivity (Wildman–Crippen MR) is 107 cm³/mol. The number of carbonyl (C=O) groups excluding carboxylic acids is 2. The molecule has 3 aromatic rings. The van der Waals surface area contributed by atoms with Crippen LogP contribution in [-0.4, -0.2) is 39.7 Å². The molecule has 2 aromatic carbocycles. The highest BCUT2D eigenvalue weighted by Gasteiger charge is 2.18. The van der Waals surface area contributed by atoms with Crippen LogP contribution in [0, 0.1) is 6.92 Å². The zero-order chi connectivity index (χ0) is 20.8. The first-order valence-corrected chi connectivity index (χ1v) is 9.20. The first-order valence-electron chi connectivity index (χ1n) is 8.38. The van der Waals surface area contributed by atoms with E-state index in [4.69, 9.17) is 9.84 Å². The monoisotopic (exact) mass is 412 g/mol. The van der Waals surface area contributed by atoms with Crippen LogP contribution in [0.5, 0.6) is 5.75 Å². The van der Waals surface area contributed by atoms with Gasteiger partial charge in [-0.2, -0.15) is 0 Å². The summed E-state index contributed by atoms with van der Waals surface area (Å²) in [7, 11) is 0. The first-order chi connectivity index (χ1) is 13.9. The van der Waals surface area contributed by atoms with Crippen molar-refractivity contribution >= 4 is 40.5 Å². The summed E-state index contributed by atoms with van der Waals surface area (Å²) in [5, 5.41) is 21.5. The third-order valence-electron chi connectivity index (χ3n) is 3.60. The number of anilines is 2. The van der Waals surface area contributed by atoms with E-state index < -0.39 is 24.4 Å². The molecule has 0 aliphatic rings. The number of amides is 2. The highest BCUT2D eigenvalue weighted by Crippen LogP contribution is 2.18. The summed E-state index contributed by atoms with van der Waals surface area (Å²) >= 11 is 0.869. The molecule has 0 saturated heterocycles. The summed E-state index contributed by atoms with van der Waals surface area (Å²) in [6.07, 6.45) is 0. The summed E-state index contributed by atoms with van der Waals surface area (Å²) in [4.78, 5) is 35.0. The number of aliphatic carboxylic acids is 1. The van der Waals surface area contributed by atoms with Crippen molar-refractivity contribution in [3.63, 3.8) is 0 Å². The van der Waals surface area contributed by atoms with Crippen molar-refractivity contribution in [2.75, 3.05) is 17.2 Å². The second-order valence-electron chi connectivity index (χ2n) is 5.89. The molecule has 2 amide bonds. The number of ether oxygens (including phenoxy) is 1. The normalized spacial score (nSPS) is 10.2. The number of benzene rings is 2. The summed E-state index contributed by atoms with van der Waals surface area (Å²) < 4.78 is 5.02. The minimum Gasteiger partial charge on any atom is -0.482 e. The Morgan fingerprint density at radius 1 is 0.897 bits per heavy atom.